The van der Waals surface area contributed by atoms with E-state index in [1.807, 2.05) is 124 Å². The number of unbranched alkanes of at least 4 members (excludes halogenated alkanes) is 7. The number of amides is 1. The second-order valence-corrected chi connectivity index (χ2v) is 18.9. The molecule has 70 heavy (non-hydrogen) atoms. The third-order valence-electron chi connectivity index (χ3n) is 12.7. The number of alkyl halides is 1. The molecule has 1 N–H and O–H groups in total. The molecule has 8 atom stereocenters. The smallest absolute Gasteiger partial charge is 0.220 e. The van der Waals surface area contributed by atoms with Crippen molar-refractivity contribution in [3.05, 3.63) is 168 Å². The number of hydrogen-bond acceptors (Lipinski definition) is 9. The maximum atomic E-state index is 16.9. The predicted octanol–water partition coefficient (Wildman–Crippen LogP) is 12.2. The van der Waals surface area contributed by atoms with Gasteiger partial charge >= 0.3 is 0 Å². The van der Waals surface area contributed by atoms with Crippen LogP contribution >= 0.6 is 0 Å². The highest BCUT2D eigenvalue weighted by Gasteiger charge is 2.50. The number of rotatable bonds is 28. The Morgan fingerprint density at radius 2 is 1.16 bits per heavy atom. The van der Waals surface area contributed by atoms with Crippen LogP contribution in [0.1, 0.15) is 101 Å². The molecule has 0 aliphatic carbocycles. The molecule has 5 aromatic rings. The lowest BCUT2D eigenvalue weighted by Crippen LogP contribution is -2.60. The summed E-state index contributed by atoms with van der Waals surface area (Å²) in [4.78, 5) is 13.7. The van der Waals surface area contributed by atoms with Crippen molar-refractivity contribution in [3.8, 4) is 11.5 Å². The Morgan fingerprint density at radius 1 is 0.629 bits per heavy atom. The van der Waals surface area contributed by atoms with E-state index in [9.17, 15) is 9.18 Å². The molecule has 10 nitrogen and oxygen atoms in total. The van der Waals surface area contributed by atoms with E-state index in [0.717, 1.165) is 73.8 Å². The van der Waals surface area contributed by atoms with Crippen molar-refractivity contribution < 1.29 is 51.5 Å². The van der Waals surface area contributed by atoms with Gasteiger partial charge in [0.05, 0.1) is 45.2 Å². The van der Waals surface area contributed by atoms with Gasteiger partial charge in [-0.25, -0.2) is 8.78 Å². The molecule has 7 rings (SSSR count). The fourth-order valence-electron chi connectivity index (χ4n) is 9.01. The highest BCUT2D eigenvalue weighted by atomic mass is 19.1. The molecule has 0 saturated carbocycles. The summed E-state index contributed by atoms with van der Waals surface area (Å²) >= 11 is 0. The van der Waals surface area contributed by atoms with Crippen LogP contribution in [-0.2, 0) is 64.2 Å². The Kier molecular flexibility index (Phi) is 20.7. The number of hydrogen-bond donors (Lipinski definition) is 1. The van der Waals surface area contributed by atoms with Crippen molar-refractivity contribution >= 4 is 5.91 Å². The highest BCUT2D eigenvalue weighted by molar-refractivity contribution is 5.76. The van der Waals surface area contributed by atoms with Crippen molar-refractivity contribution in [2.75, 3.05) is 13.2 Å². The Balaban J connectivity index is 0.910. The number of carbonyl (C=O) groups is 1. The SMILES string of the molecule is C[C@H]1OC(C)(C)O[C@H]1[C@H](CO[C@H]1OC(COCc2ccccc2)[C@@H](F)[C@H](OCc2ccccc2)C1OCc1ccccc1)NC(=O)CCCCCCCCCCc1ccc(Oc2ccc(F)cc2)cc1. The Hall–Kier alpha value is -5.05. The van der Waals surface area contributed by atoms with Gasteiger partial charge in [0.15, 0.2) is 18.2 Å². The second kappa shape index (κ2) is 27.5. The molecule has 376 valence electrons. The van der Waals surface area contributed by atoms with Crippen molar-refractivity contribution in [1.82, 2.24) is 5.32 Å². The van der Waals surface area contributed by atoms with E-state index < -0.39 is 48.7 Å². The first kappa shape index (κ1) is 52.8. The van der Waals surface area contributed by atoms with Crippen LogP contribution in [0, 0.1) is 5.82 Å². The average Bonchev–Trinajstić information content (AvgIpc) is 3.66. The van der Waals surface area contributed by atoms with Gasteiger partial charge in [0.1, 0.15) is 41.7 Å². The van der Waals surface area contributed by atoms with Crippen molar-refractivity contribution in [2.45, 2.75) is 160 Å². The summed E-state index contributed by atoms with van der Waals surface area (Å²) in [5.74, 6) is 0.0748. The van der Waals surface area contributed by atoms with Crippen LogP contribution in [0.15, 0.2) is 140 Å². The number of nitrogens with one attached hydrogen (secondary N) is 1. The van der Waals surface area contributed by atoms with Crippen molar-refractivity contribution in [3.63, 3.8) is 0 Å². The van der Waals surface area contributed by atoms with Crippen LogP contribution in [0.25, 0.3) is 0 Å². The van der Waals surface area contributed by atoms with Gasteiger partial charge in [0, 0.05) is 6.42 Å². The van der Waals surface area contributed by atoms with Gasteiger partial charge in [0.25, 0.3) is 0 Å². The molecule has 2 saturated heterocycles. The van der Waals surface area contributed by atoms with Gasteiger partial charge in [-0.1, -0.05) is 142 Å². The van der Waals surface area contributed by atoms with E-state index in [1.165, 1.54) is 24.1 Å². The summed E-state index contributed by atoms with van der Waals surface area (Å²) in [6.07, 6.45) is 3.17. The normalized spacial score (nSPS) is 22.4. The predicted molar refractivity (Wildman–Crippen MR) is 265 cm³/mol. The molecule has 0 aromatic heterocycles. The average molecular weight is 964 g/mol. The largest absolute Gasteiger partial charge is 0.457 e. The summed E-state index contributed by atoms with van der Waals surface area (Å²) in [5, 5.41) is 3.21. The lowest BCUT2D eigenvalue weighted by atomic mass is 9.99. The number of halogens is 2. The standard InChI is InChI=1S/C58H71F2NO9/c1-42-54(70-58(2,3)69-42)50(61-52(62)28-20-9-7-5-4-6-8-13-21-43-29-33-48(34-30-43)67-49-35-31-47(59)32-36-49)40-66-57-56(65-39-46-26-18-12-19-27-46)55(64-38-45-24-16-11-17-25-45)53(60)51(68-57)41-63-37-44-22-14-10-15-23-44/h10-12,14-19,22-27,29-36,42,50-51,53-57H,4-9,13,20-21,28,37-41H2,1-3H3,(H,61,62)/t42-,50+,51?,53-,54-,55+,56?,57+/m1/s1. The second-order valence-electron chi connectivity index (χ2n) is 18.9. The first-order chi connectivity index (χ1) is 34.1. The summed E-state index contributed by atoms with van der Waals surface area (Å²) < 4.78 is 80.5. The van der Waals surface area contributed by atoms with Gasteiger partial charge in [-0.05, 0) is 98.7 Å². The van der Waals surface area contributed by atoms with Crippen LogP contribution < -0.4 is 10.1 Å². The van der Waals surface area contributed by atoms with Crippen LogP contribution in [0.5, 0.6) is 11.5 Å². The minimum atomic E-state index is -1.62. The number of ether oxygens (including phenoxy) is 8. The maximum Gasteiger partial charge on any atom is 0.220 e. The minimum absolute atomic E-state index is 0.0206. The van der Waals surface area contributed by atoms with Crippen LogP contribution in [0.3, 0.4) is 0 Å². The van der Waals surface area contributed by atoms with Crippen LogP contribution in [0.2, 0.25) is 0 Å². The zero-order valence-corrected chi connectivity index (χ0v) is 40.9. The molecule has 0 spiro atoms. The molecule has 2 heterocycles. The zero-order valence-electron chi connectivity index (χ0n) is 40.9. The molecule has 2 unspecified atom stereocenters. The van der Waals surface area contributed by atoms with Gasteiger partial charge in [-0.15, -0.1) is 0 Å². The summed E-state index contributed by atoms with van der Waals surface area (Å²) in [6, 6.07) is 42.5. The molecule has 12 heteroatoms. The third-order valence-corrected chi connectivity index (χ3v) is 12.7. The van der Waals surface area contributed by atoms with Gasteiger partial charge < -0.3 is 43.2 Å². The van der Waals surface area contributed by atoms with E-state index in [4.69, 9.17) is 37.9 Å². The van der Waals surface area contributed by atoms with E-state index in [-0.39, 0.29) is 50.9 Å². The molecular weight excluding hydrogens is 893 g/mol. The first-order valence-electron chi connectivity index (χ1n) is 25.1. The Labute approximate surface area is 413 Å². The van der Waals surface area contributed by atoms with E-state index in [0.29, 0.717) is 12.2 Å². The molecule has 1 amide bonds. The lowest BCUT2D eigenvalue weighted by Gasteiger charge is -2.43. The number of benzene rings is 5. The van der Waals surface area contributed by atoms with E-state index in [2.05, 4.69) is 17.4 Å². The zero-order chi connectivity index (χ0) is 49.0. The molecule has 0 radical (unpaired) electrons. The van der Waals surface area contributed by atoms with Gasteiger partial charge in [-0.2, -0.15) is 0 Å². The maximum absolute atomic E-state index is 16.9. The summed E-state index contributed by atoms with van der Waals surface area (Å²) in [7, 11) is 0. The Morgan fingerprint density at radius 3 is 1.73 bits per heavy atom. The van der Waals surface area contributed by atoms with Crippen LogP contribution in [-0.4, -0.2) is 73.9 Å². The molecule has 2 aliphatic rings. The van der Waals surface area contributed by atoms with Crippen molar-refractivity contribution in [2.24, 2.45) is 0 Å². The van der Waals surface area contributed by atoms with Crippen molar-refractivity contribution in [1.29, 1.82) is 0 Å². The number of carbonyl (C=O) groups excluding carboxylic acids is 1. The molecule has 0 bridgehead atoms. The topological polar surface area (TPSA) is 103 Å². The third kappa shape index (κ3) is 17.1. The molecule has 5 aromatic carbocycles. The quantitative estimate of drug-likeness (QED) is 0.0491. The van der Waals surface area contributed by atoms with E-state index in [1.54, 1.807) is 12.1 Å². The minimum Gasteiger partial charge on any atom is -0.457 e. The fraction of sp³-hybridized carbons (Fsp3) is 0.466. The fourth-order valence-corrected chi connectivity index (χ4v) is 9.01. The van der Waals surface area contributed by atoms with Crippen LogP contribution in [0.4, 0.5) is 8.78 Å². The molecular formula is C58H71F2NO9. The molecule has 2 aliphatic heterocycles. The van der Waals surface area contributed by atoms with E-state index >= 15 is 4.39 Å². The lowest BCUT2D eigenvalue weighted by molar-refractivity contribution is -0.313. The monoisotopic (exact) mass is 964 g/mol. The highest BCUT2D eigenvalue weighted by Crippen LogP contribution is 2.34. The summed E-state index contributed by atoms with van der Waals surface area (Å²) in [6.45, 7) is 6.15. The Bertz CT molecular complexity index is 2240. The first-order valence-corrected chi connectivity index (χ1v) is 25.1. The van der Waals surface area contributed by atoms with Gasteiger partial charge in [-0.3, -0.25) is 4.79 Å². The van der Waals surface area contributed by atoms with Gasteiger partial charge in [0.2, 0.25) is 5.91 Å². The molecule has 2 fully saturated rings. The number of aryl methyl sites for hydroxylation is 1. The summed E-state index contributed by atoms with van der Waals surface area (Å²) in [5.41, 5.74) is 4.01.